The molecular formula is C21H22N2O2. The lowest BCUT2D eigenvalue weighted by molar-refractivity contribution is -0.170. The Hall–Kier alpha value is -2.62. The molecule has 2 amide bonds. The zero-order chi connectivity index (χ0) is 17.6. The quantitative estimate of drug-likeness (QED) is 0.846. The molecule has 2 atom stereocenters. The summed E-state index contributed by atoms with van der Waals surface area (Å²) in [4.78, 5) is 30.0. The van der Waals surface area contributed by atoms with E-state index in [2.05, 4.69) is 6.07 Å². The third-order valence-electron chi connectivity index (χ3n) is 5.71. The zero-order valence-corrected chi connectivity index (χ0v) is 14.6. The van der Waals surface area contributed by atoms with Gasteiger partial charge in [0.05, 0.1) is 0 Å². The summed E-state index contributed by atoms with van der Waals surface area (Å²) in [5, 5.41) is 0. The van der Waals surface area contributed by atoms with E-state index < -0.39 is 11.6 Å². The van der Waals surface area contributed by atoms with Crippen LogP contribution in [0.5, 0.6) is 0 Å². The number of piperazine rings is 1. The van der Waals surface area contributed by atoms with Crippen LogP contribution in [-0.2, 0) is 28.0 Å². The maximum absolute atomic E-state index is 13.5. The maximum Gasteiger partial charge on any atom is 0.253 e. The van der Waals surface area contributed by atoms with Gasteiger partial charge in [-0.25, -0.2) is 0 Å². The van der Waals surface area contributed by atoms with Crippen molar-refractivity contribution in [3.05, 3.63) is 71.3 Å². The fourth-order valence-corrected chi connectivity index (χ4v) is 4.26. The lowest BCUT2D eigenvalue weighted by Gasteiger charge is -2.53. The minimum absolute atomic E-state index is 0.00982. The predicted octanol–water partition coefficient (Wildman–Crippen LogP) is 2.37. The van der Waals surface area contributed by atoms with Crippen LogP contribution in [0.2, 0.25) is 0 Å². The van der Waals surface area contributed by atoms with E-state index in [9.17, 15) is 9.59 Å². The fraction of sp³-hybridized carbons (Fsp3) is 0.333. The average molecular weight is 334 g/mol. The Kier molecular flexibility index (Phi) is 3.64. The lowest BCUT2D eigenvalue weighted by Crippen LogP contribution is -2.70. The molecule has 25 heavy (non-hydrogen) atoms. The Morgan fingerprint density at radius 1 is 1.04 bits per heavy atom. The first-order valence-electron chi connectivity index (χ1n) is 8.77. The van der Waals surface area contributed by atoms with Gasteiger partial charge in [-0.3, -0.25) is 9.59 Å². The largest absolute Gasteiger partial charge is 0.332 e. The molecule has 0 N–H and O–H groups in total. The van der Waals surface area contributed by atoms with E-state index in [-0.39, 0.29) is 11.8 Å². The Bertz CT molecular complexity index is 833. The minimum atomic E-state index is -0.936. The van der Waals surface area contributed by atoms with Gasteiger partial charge in [0.1, 0.15) is 6.04 Å². The van der Waals surface area contributed by atoms with Gasteiger partial charge >= 0.3 is 0 Å². The van der Waals surface area contributed by atoms with Crippen molar-refractivity contribution in [2.24, 2.45) is 0 Å². The van der Waals surface area contributed by atoms with Gasteiger partial charge in [-0.15, -0.1) is 0 Å². The van der Waals surface area contributed by atoms with E-state index in [1.807, 2.05) is 60.4 Å². The van der Waals surface area contributed by atoms with Crippen LogP contribution >= 0.6 is 0 Å². The molecule has 2 aromatic carbocycles. The van der Waals surface area contributed by atoms with Gasteiger partial charge in [0.25, 0.3) is 5.91 Å². The number of fused-ring (bicyclic) bond motifs is 3. The molecule has 2 aliphatic heterocycles. The summed E-state index contributed by atoms with van der Waals surface area (Å²) in [5.74, 6) is 0.0446. The molecule has 0 bridgehead atoms. The molecule has 1 saturated heterocycles. The summed E-state index contributed by atoms with van der Waals surface area (Å²) in [7, 11) is 1.74. The Morgan fingerprint density at radius 2 is 1.72 bits per heavy atom. The molecule has 4 nitrogen and oxygen atoms in total. The lowest BCUT2D eigenvalue weighted by atomic mass is 9.73. The number of nitrogens with zero attached hydrogens (tertiary/aromatic N) is 2. The van der Waals surface area contributed by atoms with E-state index in [4.69, 9.17) is 0 Å². The molecule has 0 unspecified atom stereocenters. The van der Waals surface area contributed by atoms with Crippen molar-refractivity contribution in [3.8, 4) is 0 Å². The third kappa shape index (κ3) is 2.20. The summed E-state index contributed by atoms with van der Waals surface area (Å²) in [5.41, 5.74) is 2.27. The van der Waals surface area contributed by atoms with Gasteiger partial charge < -0.3 is 9.80 Å². The molecule has 1 fully saturated rings. The fourth-order valence-electron chi connectivity index (χ4n) is 4.26. The number of carbonyl (C=O) groups excluding carboxylic acids is 2. The zero-order valence-electron chi connectivity index (χ0n) is 14.6. The summed E-state index contributed by atoms with van der Waals surface area (Å²) in [6.45, 7) is 2.40. The van der Waals surface area contributed by atoms with E-state index in [0.717, 1.165) is 17.5 Å². The molecular weight excluding hydrogens is 312 g/mol. The van der Waals surface area contributed by atoms with Crippen molar-refractivity contribution < 1.29 is 9.59 Å². The van der Waals surface area contributed by atoms with Crippen LogP contribution in [0.4, 0.5) is 0 Å². The van der Waals surface area contributed by atoms with E-state index in [1.165, 1.54) is 5.56 Å². The number of hydrogen-bond donors (Lipinski definition) is 0. The van der Waals surface area contributed by atoms with Crippen molar-refractivity contribution >= 4 is 11.8 Å². The van der Waals surface area contributed by atoms with E-state index >= 15 is 0 Å². The molecule has 2 heterocycles. The molecule has 4 rings (SSSR count). The topological polar surface area (TPSA) is 40.6 Å². The van der Waals surface area contributed by atoms with Gasteiger partial charge in [0, 0.05) is 20.0 Å². The smallest absolute Gasteiger partial charge is 0.253 e. The number of benzene rings is 2. The number of rotatable bonds is 2. The SMILES string of the molecule is C[C@H]1C(=O)N2CCc3ccccc3[C@@]2(Cc2ccccc2)C(=O)N1C. The molecule has 0 radical (unpaired) electrons. The molecule has 2 aliphatic rings. The molecule has 0 aliphatic carbocycles. The summed E-state index contributed by atoms with van der Waals surface area (Å²) < 4.78 is 0. The Labute approximate surface area is 148 Å². The standard InChI is InChI=1S/C21H22N2O2/c1-15-19(24)23-13-12-17-10-6-7-11-18(17)21(23,20(25)22(15)2)14-16-8-4-3-5-9-16/h3-11,15H,12-14H2,1-2H3/t15-,21-/m0/s1. The highest BCUT2D eigenvalue weighted by atomic mass is 16.2. The van der Waals surface area contributed by atoms with Crippen LogP contribution < -0.4 is 0 Å². The van der Waals surface area contributed by atoms with Gasteiger partial charge in [-0.05, 0) is 30.0 Å². The second-order valence-corrected chi connectivity index (χ2v) is 7.01. The van der Waals surface area contributed by atoms with Crippen LogP contribution in [0.25, 0.3) is 0 Å². The monoisotopic (exact) mass is 334 g/mol. The van der Waals surface area contributed by atoms with Crippen molar-refractivity contribution in [1.82, 2.24) is 9.80 Å². The third-order valence-corrected chi connectivity index (χ3v) is 5.71. The van der Waals surface area contributed by atoms with Crippen molar-refractivity contribution in [2.75, 3.05) is 13.6 Å². The molecule has 0 saturated carbocycles. The van der Waals surface area contributed by atoms with Crippen molar-refractivity contribution in [1.29, 1.82) is 0 Å². The summed E-state index contributed by atoms with van der Waals surface area (Å²) in [6, 6.07) is 17.6. The second kappa shape index (κ2) is 5.73. The highest BCUT2D eigenvalue weighted by molar-refractivity contribution is 6.01. The minimum Gasteiger partial charge on any atom is -0.332 e. The van der Waals surface area contributed by atoms with Crippen LogP contribution in [0, 0.1) is 0 Å². The van der Waals surface area contributed by atoms with E-state index in [1.54, 1.807) is 11.9 Å². The van der Waals surface area contributed by atoms with E-state index in [0.29, 0.717) is 13.0 Å². The Morgan fingerprint density at radius 3 is 2.48 bits per heavy atom. The number of hydrogen-bond acceptors (Lipinski definition) is 2. The number of amides is 2. The predicted molar refractivity (Wildman–Crippen MR) is 95.9 cm³/mol. The first-order chi connectivity index (χ1) is 12.1. The van der Waals surface area contributed by atoms with Gasteiger partial charge in [0.15, 0.2) is 5.54 Å². The summed E-state index contributed by atoms with van der Waals surface area (Å²) >= 11 is 0. The molecule has 0 aromatic heterocycles. The molecule has 128 valence electrons. The number of likely N-dealkylation sites (N-methyl/N-ethyl adjacent to an activating group) is 1. The van der Waals surface area contributed by atoms with Gasteiger partial charge in [0.2, 0.25) is 5.91 Å². The highest BCUT2D eigenvalue weighted by Gasteiger charge is 2.57. The summed E-state index contributed by atoms with van der Waals surface area (Å²) in [6.07, 6.45) is 1.30. The maximum atomic E-state index is 13.5. The van der Waals surface area contributed by atoms with Crippen LogP contribution in [-0.4, -0.2) is 41.2 Å². The second-order valence-electron chi connectivity index (χ2n) is 7.01. The van der Waals surface area contributed by atoms with Crippen molar-refractivity contribution in [2.45, 2.75) is 31.3 Å². The normalized spacial score (nSPS) is 25.6. The van der Waals surface area contributed by atoms with Crippen LogP contribution in [0.1, 0.15) is 23.6 Å². The number of carbonyl (C=O) groups is 2. The molecule has 0 spiro atoms. The molecule has 2 aromatic rings. The van der Waals surface area contributed by atoms with Crippen LogP contribution in [0.3, 0.4) is 0 Å². The van der Waals surface area contributed by atoms with Crippen LogP contribution in [0.15, 0.2) is 54.6 Å². The van der Waals surface area contributed by atoms with Crippen molar-refractivity contribution in [3.63, 3.8) is 0 Å². The average Bonchev–Trinajstić information content (AvgIpc) is 2.65. The first-order valence-corrected chi connectivity index (χ1v) is 8.77. The first kappa shape index (κ1) is 15.9. The van der Waals surface area contributed by atoms with Gasteiger partial charge in [-0.2, -0.15) is 0 Å². The van der Waals surface area contributed by atoms with Gasteiger partial charge in [-0.1, -0.05) is 54.6 Å². The molecule has 4 heteroatoms. The Balaban J connectivity index is 1.94. The highest BCUT2D eigenvalue weighted by Crippen LogP contribution is 2.43.